The van der Waals surface area contributed by atoms with Gasteiger partial charge in [-0.3, -0.25) is 0 Å². The molecule has 0 radical (unpaired) electrons. The lowest BCUT2D eigenvalue weighted by molar-refractivity contribution is -0.870. The van der Waals surface area contributed by atoms with Gasteiger partial charge in [-0.2, -0.15) is 0 Å². The highest BCUT2D eigenvalue weighted by molar-refractivity contribution is 4.68. The van der Waals surface area contributed by atoms with Crippen LogP contribution in [0, 0.1) is 0 Å². The molecule has 0 saturated carbocycles. The molecule has 0 aliphatic heterocycles. The first kappa shape index (κ1) is 14.5. The lowest BCUT2D eigenvalue weighted by Crippen LogP contribution is -3.00. The van der Waals surface area contributed by atoms with Crippen molar-refractivity contribution in [2.75, 3.05) is 40.8 Å². The number of quaternary nitrogens is 1. The zero-order valence-corrected chi connectivity index (χ0v) is 9.19. The summed E-state index contributed by atoms with van der Waals surface area (Å²) in [7, 11) is 6.65. The maximum Gasteiger partial charge on any atom is 0.0792 e. The molecule has 1 N–H and O–H groups in total. The Kier molecular flexibility index (Phi) is 9.16. The molecular formula is C9H21ClN2. The average molecular weight is 193 g/mol. The summed E-state index contributed by atoms with van der Waals surface area (Å²) in [5.41, 5.74) is 0. The van der Waals surface area contributed by atoms with E-state index in [-0.39, 0.29) is 12.4 Å². The number of nitrogens with one attached hydrogen (secondary N) is 1. The van der Waals surface area contributed by atoms with Gasteiger partial charge in [0.2, 0.25) is 0 Å². The molecule has 74 valence electrons. The van der Waals surface area contributed by atoms with E-state index in [1.54, 1.807) is 0 Å². The van der Waals surface area contributed by atoms with Crippen LogP contribution in [-0.2, 0) is 0 Å². The Hall–Kier alpha value is -0.0500. The van der Waals surface area contributed by atoms with E-state index in [1.165, 1.54) is 13.0 Å². The van der Waals surface area contributed by atoms with E-state index in [9.17, 15) is 0 Å². The van der Waals surface area contributed by atoms with Crippen molar-refractivity contribution in [3.63, 3.8) is 0 Å². The molecule has 0 rings (SSSR count). The van der Waals surface area contributed by atoms with Gasteiger partial charge in [0.1, 0.15) is 0 Å². The van der Waals surface area contributed by atoms with Crippen molar-refractivity contribution in [1.29, 1.82) is 0 Å². The largest absolute Gasteiger partial charge is 1.00 e. The van der Waals surface area contributed by atoms with Crippen LogP contribution in [0.1, 0.15) is 6.42 Å². The lowest BCUT2D eigenvalue weighted by atomic mass is 10.3. The van der Waals surface area contributed by atoms with Crippen LogP contribution in [0.3, 0.4) is 0 Å². The minimum absolute atomic E-state index is 0. The summed E-state index contributed by atoms with van der Waals surface area (Å²) < 4.78 is 1.05. The van der Waals surface area contributed by atoms with Crippen LogP contribution >= 0.6 is 0 Å². The van der Waals surface area contributed by atoms with Gasteiger partial charge in [0.05, 0.1) is 27.7 Å². The van der Waals surface area contributed by atoms with Crippen LogP contribution in [0.15, 0.2) is 12.7 Å². The van der Waals surface area contributed by atoms with Crippen molar-refractivity contribution in [2.45, 2.75) is 6.42 Å². The van der Waals surface area contributed by atoms with Gasteiger partial charge < -0.3 is 22.2 Å². The zero-order valence-electron chi connectivity index (χ0n) is 8.44. The summed E-state index contributed by atoms with van der Waals surface area (Å²) in [6.45, 7) is 6.89. The number of hydrogen-bond acceptors (Lipinski definition) is 1. The molecule has 0 amide bonds. The summed E-state index contributed by atoms with van der Waals surface area (Å²) in [6.07, 6.45) is 3.13. The lowest BCUT2D eigenvalue weighted by Gasteiger charge is -2.23. The van der Waals surface area contributed by atoms with Gasteiger partial charge in [0.25, 0.3) is 0 Å². The predicted octanol–water partition coefficient (Wildman–Crippen LogP) is -2.14. The third-order valence-corrected chi connectivity index (χ3v) is 1.47. The van der Waals surface area contributed by atoms with E-state index in [1.807, 2.05) is 6.08 Å². The van der Waals surface area contributed by atoms with Crippen molar-refractivity contribution in [2.24, 2.45) is 0 Å². The second kappa shape index (κ2) is 7.59. The summed E-state index contributed by atoms with van der Waals surface area (Å²) >= 11 is 0. The average Bonchev–Trinajstić information content (AvgIpc) is 1.85. The zero-order chi connectivity index (χ0) is 8.74. The minimum Gasteiger partial charge on any atom is -1.00 e. The molecule has 0 spiro atoms. The number of nitrogens with zero attached hydrogens (tertiary/aromatic N) is 1. The second-order valence-corrected chi connectivity index (χ2v) is 3.86. The van der Waals surface area contributed by atoms with Crippen molar-refractivity contribution >= 4 is 0 Å². The Labute approximate surface area is 82.6 Å². The van der Waals surface area contributed by atoms with Gasteiger partial charge in [0, 0.05) is 19.5 Å². The Bertz CT molecular complexity index is 108. The number of hydrogen-bond donors (Lipinski definition) is 1. The second-order valence-electron chi connectivity index (χ2n) is 3.86. The molecule has 0 atom stereocenters. The van der Waals surface area contributed by atoms with Gasteiger partial charge in [-0.05, 0) is 0 Å². The van der Waals surface area contributed by atoms with Crippen LogP contribution in [0.2, 0.25) is 0 Å². The monoisotopic (exact) mass is 192 g/mol. The quantitative estimate of drug-likeness (QED) is 0.288. The van der Waals surface area contributed by atoms with Crippen molar-refractivity contribution < 1.29 is 16.9 Å². The van der Waals surface area contributed by atoms with Gasteiger partial charge in [0.15, 0.2) is 0 Å². The third kappa shape index (κ3) is 12.6. The van der Waals surface area contributed by atoms with Crippen LogP contribution in [-0.4, -0.2) is 45.3 Å². The first-order valence-corrected chi connectivity index (χ1v) is 4.18. The highest BCUT2D eigenvalue weighted by atomic mass is 35.5. The van der Waals surface area contributed by atoms with Crippen LogP contribution in [0.25, 0.3) is 0 Å². The molecule has 0 bridgehead atoms. The number of rotatable bonds is 6. The van der Waals surface area contributed by atoms with E-state index in [0.29, 0.717) is 0 Å². The predicted molar refractivity (Wildman–Crippen MR) is 50.6 cm³/mol. The molecule has 0 aromatic carbocycles. The molecular weight excluding hydrogens is 172 g/mol. The highest BCUT2D eigenvalue weighted by Gasteiger charge is 2.04. The fraction of sp³-hybridized carbons (Fsp3) is 0.778. The topological polar surface area (TPSA) is 12.0 Å². The van der Waals surface area contributed by atoms with Gasteiger partial charge >= 0.3 is 0 Å². The SMILES string of the molecule is C=CCNCCC[N+](C)(C)C.[Cl-]. The molecule has 3 heteroatoms. The normalized spacial score (nSPS) is 10.6. The first-order valence-electron chi connectivity index (χ1n) is 4.18. The summed E-state index contributed by atoms with van der Waals surface area (Å²) in [5, 5.41) is 3.28. The molecule has 0 aromatic heterocycles. The Morgan fingerprint density at radius 1 is 1.33 bits per heavy atom. The first-order chi connectivity index (χ1) is 5.06. The maximum absolute atomic E-state index is 3.64. The van der Waals surface area contributed by atoms with E-state index >= 15 is 0 Å². The number of halogens is 1. The fourth-order valence-corrected chi connectivity index (χ4v) is 0.883. The van der Waals surface area contributed by atoms with E-state index in [4.69, 9.17) is 0 Å². The summed E-state index contributed by atoms with van der Waals surface area (Å²) in [5.74, 6) is 0. The van der Waals surface area contributed by atoms with E-state index in [0.717, 1.165) is 17.6 Å². The third-order valence-electron chi connectivity index (χ3n) is 1.47. The molecule has 0 heterocycles. The molecule has 0 aromatic rings. The maximum atomic E-state index is 3.64. The Morgan fingerprint density at radius 2 is 1.92 bits per heavy atom. The Balaban J connectivity index is 0. The molecule has 0 saturated heterocycles. The Morgan fingerprint density at radius 3 is 2.33 bits per heavy atom. The van der Waals surface area contributed by atoms with Gasteiger partial charge in [-0.1, -0.05) is 6.08 Å². The van der Waals surface area contributed by atoms with Gasteiger partial charge in [-0.15, -0.1) is 6.58 Å². The van der Waals surface area contributed by atoms with Crippen LogP contribution < -0.4 is 17.7 Å². The van der Waals surface area contributed by atoms with Crippen LogP contribution in [0.4, 0.5) is 0 Å². The minimum atomic E-state index is 0. The van der Waals surface area contributed by atoms with Crippen molar-refractivity contribution in [3.8, 4) is 0 Å². The molecule has 0 aliphatic carbocycles. The summed E-state index contributed by atoms with van der Waals surface area (Å²) in [6, 6.07) is 0. The fourth-order valence-electron chi connectivity index (χ4n) is 0.883. The standard InChI is InChI=1S/C9H21N2.ClH/c1-5-7-10-8-6-9-11(2,3)4;/h5,10H,1,6-9H2,2-4H3;1H/q+1;/p-1. The molecule has 2 nitrogen and oxygen atoms in total. The molecule has 0 fully saturated rings. The summed E-state index contributed by atoms with van der Waals surface area (Å²) in [4.78, 5) is 0. The van der Waals surface area contributed by atoms with Gasteiger partial charge in [-0.25, -0.2) is 0 Å². The van der Waals surface area contributed by atoms with Crippen molar-refractivity contribution in [3.05, 3.63) is 12.7 Å². The highest BCUT2D eigenvalue weighted by Crippen LogP contribution is 1.91. The smallest absolute Gasteiger partial charge is 0.0792 e. The van der Waals surface area contributed by atoms with Crippen molar-refractivity contribution in [1.82, 2.24) is 5.32 Å². The molecule has 0 unspecified atom stereocenters. The molecule has 0 aliphatic rings. The van der Waals surface area contributed by atoms with E-state index < -0.39 is 0 Å². The van der Waals surface area contributed by atoms with Crippen LogP contribution in [0.5, 0.6) is 0 Å². The molecule has 12 heavy (non-hydrogen) atoms. The van der Waals surface area contributed by atoms with E-state index in [2.05, 4.69) is 33.0 Å².